The van der Waals surface area contributed by atoms with Gasteiger partial charge in [-0.1, -0.05) is 44.7 Å². The zero-order chi connectivity index (χ0) is 12.4. The minimum absolute atomic E-state index is 0.857. The van der Waals surface area contributed by atoms with Crippen molar-refractivity contribution >= 4 is 6.72 Å². The van der Waals surface area contributed by atoms with Crippen molar-refractivity contribution in [3.05, 3.63) is 47.7 Å². The molecule has 1 heteroatoms. The Bertz CT molecular complexity index is 290. The molecule has 0 aromatic rings. The first-order valence-electron chi connectivity index (χ1n) is 5.19. The SMILES string of the molecule is C=NC(=C/C)/C(=C\C(=C)C)C(=C)C.CC. The third kappa shape index (κ3) is 6.67. The van der Waals surface area contributed by atoms with Crippen LogP contribution in [0, 0.1) is 0 Å². The van der Waals surface area contributed by atoms with Crippen molar-refractivity contribution in [2.75, 3.05) is 0 Å². The van der Waals surface area contributed by atoms with Gasteiger partial charge >= 0.3 is 0 Å². The summed E-state index contributed by atoms with van der Waals surface area (Å²) in [7, 11) is 0. The van der Waals surface area contributed by atoms with Crippen molar-refractivity contribution in [3.63, 3.8) is 0 Å². The molecule has 0 spiro atoms. The van der Waals surface area contributed by atoms with E-state index in [-0.39, 0.29) is 0 Å². The van der Waals surface area contributed by atoms with E-state index in [0.717, 1.165) is 22.4 Å². The zero-order valence-electron chi connectivity index (χ0n) is 10.7. The minimum atomic E-state index is 0.857. The molecular formula is C14H23N. The molecule has 0 atom stereocenters. The maximum Gasteiger partial charge on any atom is 0.0654 e. The number of aliphatic imine (C=N–C) groups is 1. The van der Waals surface area contributed by atoms with Gasteiger partial charge < -0.3 is 0 Å². The van der Waals surface area contributed by atoms with Gasteiger partial charge in [-0.15, -0.1) is 0 Å². The van der Waals surface area contributed by atoms with Gasteiger partial charge in [0.15, 0.2) is 0 Å². The lowest BCUT2D eigenvalue weighted by Gasteiger charge is -2.06. The molecule has 0 aliphatic carbocycles. The zero-order valence-corrected chi connectivity index (χ0v) is 10.7. The van der Waals surface area contributed by atoms with E-state index in [1.54, 1.807) is 0 Å². The summed E-state index contributed by atoms with van der Waals surface area (Å²) in [5.41, 5.74) is 3.82. The van der Waals surface area contributed by atoms with E-state index in [1.165, 1.54) is 0 Å². The lowest BCUT2D eigenvalue weighted by molar-refractivity contribution is 1.27. The Labute approximate surface area is 94.6 Å². The van der Waals surface area contributed by atoms with Crippen LogP contribution in [0.1, 0.15) is 34.6 Å². The number of allylic oxidation sites excluding steroid dienone is 4. The van der Waals surface area contributed by atoms with Crippen molar-refractivity contribution in [1.29, 1.82) is 0 Å². The fraction of sp³-hybridized carbons (Fsp3) is 0.357. The minimum Gasteiger partial charge on any atom is -0.264 e. The van der Waals surface area contributed by atoms with E-state index in [1.807, 2.05) is 46.8 Å². The summed E-state index contributed by atoms with van der Waals surface area (Å²) < 4.78 is 0. The molecule has 0 N–H and O–H groups in total. The van der Waals surface area contributed by atoms with Crippen LogP contribution in [-0.4, -0.2) is 6.72 Å². The molecule has 0 aliphatic heterocycles. The molecule has 0 saturated carbocycles. The van der Waals surface area contributed by atoms with E-state index in [2.05, 4.69) is 24.9 Å². The fourth-order valence-corrected chi connectivity index (χ4v) is 0.994. The number of rotatable bonds is 4. The third-order valence-electron chi connectivity index (χ3n) is 1.57. The smallest absolute Gasteiger partial charge is 0.0654 e. The van der Waals surface area contributed by atoms with Crippen LogP contribution >= 0.6 is 0 Å². The lowest BCUT2D eigenvalue weighted by atomic mass is 10.0. The monoisotopic (exact) mass is 205 g/mol. The van der Waals surface area contributed by atoms with Gasteiger partial charge in [-0.25, -0.2) is 0 Å². The quantitative estimate of drug-likeness (QED) is 0.466. The fourth-order valence-electron chi connectivity index (χ4n) is 0.994. The molecule has 0 amide bonds. The van der Waals surface area contributed by atoms with Crippen molar-refractivity contribution < 1.29 is 0 Å². The van der Waals surface area contributed by atoms with Gasteiger partial charge in [-0.05, 0) is 33.1 Å². The first kappa shape index (κ1) is 16.1. The molecule has 0 aromatic carbocycles. The Morgan fingerprint density at radius 3 is 1.80 bits per heavy atom. The molecule has 0 radical (unpaired) electrons. The summed E-state index contributed by atoms with van der Waals surface area (Å²) in [4.78, 5) is 3.92. The van der Waals surface area contributed by atoms with E-state index in [9.17, 15) is 0 Å². The summed E-state index contributed by atoms with van der Waals surface area (Å²) in [6.07, 6.45) is 3.88. The molecule has 0 aliphatic rings. The molecule has 84 valence electrons. The van der Waals surface area contributed by atoms with Crippen LogP contribution in [0.5, 0.6) is 0 Å². The van der Waals surface area contributed by atoms with Crippen molar-refractivity contribution in [2.45, 2.75) is 34.6 Å². The molecule has 0 aromatic heterocycles. The van der Waals surface area contributed by atoms with Crippen LogP contribution in [0.15, 0.2) is 52.7 Å². The predicted molar refractivity (Wildman–Crippen MR) is 72.4 cm³/mol. The Morgan fingerprint density at radius 2 is 1.60 bits per heavy atom. The van der Waals surface area contributed by atoms with E-state index >= 15 is 0 Å². The maximum atomic E-state index is 3.92. The van der Waals surface area contributed by atoms with Crippen LogP contribution in [0.3, 0.4) is 0 Å². The highest BCUT2D eigenvalue weighted by atomic mass is 14.7. The van der Waals surface area contributed by atoms with Crippen LogP contribution < -0.4 is 0 Å². The van der Waals surface area contributed by atoms with Crippen LogP contribution in [0.2, 0.25) is 0 Å². The highest BCUT2D eigenvalue weighted by molar-refractivity contribution is 5.49. The molecule has 0 unspecified atom stereocenters. The number of hydrogen-bond acceptors (Lipinski definition) is 1. The van der Waals surface area contributed by atoms with Gasteiger partial charge in [0.2, 0.25) is 0 Å². The van der Waals surface area contributed by atoms with Gasteiger partial charge in [0, 0.05) is 5.57 Å². The molecule has 15 heavy (non-hydrogen) atoms. The molecular weight excluding hydrogens is 182 g/mol. The third-order valence-corrected chi connectivity index (χ3v) is 1.57. The molecule has 0 rings (SSSR count). The maximum absolute atomic E-state index is 3.92. The Hall–Kier alpha value is -1.37. The van der Waals surface area contributed by atoms with Crippen molar-refractivity contribution in [2.24, 2.45) is 4.99 Å². The predicted octanol–water partition coefficient (Wildman–Crippen LogP) is 4.70. The van der Waals surface area contributed by atoms with Crippen LogP contribution in [0.4, 0.5) is 0 Å². The summed E-state index contributed by atoms with van der Waals surface area (Å²) in [6.45, 7) is 21.0. The largest absolute Gasteiger partial charge is 0.264 e. The standard InChI is InChI=1S/C12H17N.C2H6/c1-7-12(13-6)11(10(4)5)8-9(2)3;1-2/h7-8H,2,4,6H2,1,3,5H3;1-2H3/b11-8-,12-7+;. The topological polar surface area (TPSA) is 12.4 Å². The molecule has 0 saturated heterocycles. The van der Waals surface area contributed by atoms with E-state index in [4.69, 9.17) is 0 Å². The highest BCUT2D eigenvalue weighted by Crippen LogP contribution is 2.19. The Balaban J connectivity index is 0. The van der Waals surface area contributed by atoms with E-state index in [0.29, 0.717) is 0 Å². The first-order valence-corrected chi connectivity index (χ1v) is 5.19. The first-order chi connectivity index (χ1) is 7.02. The van der Waals surface area contributed by atoms with Crippen LogP contribution in [-0.2, 0) is 0 Å². The van der Waals surface area contributed by atoms with E-state index < -0.39 is 0 Å². The average Bonchev–Trinajstić information content (AvgIpc) is 2.20. The average molecular weight is 205 g/mol. The van der Waals surface area contributed by atoms with Gasteiger partial charge in [0.05, 0.1) is 5.70 Å². The lowest BCUT2D eigenvalue weighted by Crippen LogP contribution is -1.88. The molecule has 0 bridgehead atoms. The van der Waals surface area contributed by atoms with Crippen molar-refractivity contribution in [1.82, 2.24) is 0 Å². The Kier molecular flexibility index (Phi) is 9.85. The second-order valence-corrected chi connectivity index (χ2v) is 3.02. The summed E-state index contributed by atoms with van der Waals surface area (Å²) >= 11 is 0. The van der Waals surface area contributed by atoms with Gasteiger partial charge in [0.1, 0.15) is 0 Å². The highest BCUT2D eigenvalue weighted by Gasteiger charge is 2.02. The second-order valence-electron chi connectivity index (χ2n) is 3.02. The Morgan fingerprint density at radius 1 is 1.13 bits per heavy atom. The second kappa shape index (κ2) is 9.20. The number of nitrogens with zero attached hydrogens (tertiary/aromatic N) is 1. The summed E-state index contributed by atoms with van der Waals surface area (Å²) in [6, 6.07) is 0. The van der Waals surface area contributed by atoms with Crippen LogP contribution in [0.25, 0.3) is 0 Å². The molecule has 1 nitrogen and oxygen atoms in total. The summed E-state index contributed by atoms with van der Waals surface area (Å²) in [5.74, 6) is 0. The molecule has 0 fully saturated rings. The molecule has 0 heterocycles. The van der Waals surface area contributed by atoms with Gasteiger partial charge in [0.25, 0.3) is 0 Å². The number of hydrogen-bond donors (Lipinski definition) is 0. The van der Waals surface area contributed by atoms with Crippen molar-refractivity contribution in [3.8, 4) is 0 Å². The normalized spacial score (nSPS) is 11.3. The van der Waals surface area contributed by atoms with Gasteiger partial charge in [-0.2, -0.15) is 0 Å². The summed E-state index contributed by atoms with van der Waals surface area (Å²) in [5, 5.41) is 0. The van der Waals surface area contributed by atoms with Gasteiger partial charge in [-0.3, -0.25) is 4.99 Å².